The smallest absolute Gasteiger partial charge is 0.405 e. The van der Waals surface area contributed by atoms with Gasteiger partial charge in [-0.15, -0.1) is 0 Å². The molecule has 0 saturated carbocycles. The standard InChI is InChI=1S/C17H27ClN4O2/c1-13(17(2,3)24-16(19)23)6-8-21-9-11-22(12-10-21)14-5-4-7-20-15(14)18/h4-5,7,13H,6,8-12H2,1-3H3,(H2,19,23). The summed E-state index contributed by atoms with van der Waals surface area (Å²) in [4.78, 5) is 19.8. The van der Waals surface area contributed by atoms with E-state index in [1.807, 2.05) is 26.0 Å². The minimum atomic E-state index is -0.714. The van der Waals surface area contributed by atoms with Crippen LogP contribution in [0, 0.1) is 5.92 Å². The lowest BCUT2D eigenvalue weighted by Gasteiger charge is -2.38. The zero-order valence-electron chi connectivity index (χ0n) is 14.7. The molecule has 134 valence electrons. The Hall–Kier alpha value is -1.53. The molecule has 0 aliphatic carbocycles. The maximum Gasteiger partial charge on any atom is 0.405 e. The molecule has 24 heavy (non-hydrogen) atoms. The van der Waals surface area contributed by atoms with Crippen LogP contribution in [-0.2, 0) is 4.74 Å². The molecule has 1 atom stereocenters. The fraction of sp³-hybridized carbons (Fsp3) is 0.647. The fourth-order valence-electron chi connectivity index (χ4n) is 2.91. The maximum absolute atomic E-state index is 11.0. The highest BCUT2D eigenvalue weighted by Crippen LogP contribution is 2.26. The van der Waals surface area contributed by atoms with Crippen molar-refractivity contribution in [3.05, 3.63) is 23.5 Å². The van der Waals surface area contributed by atoms with E-state index < -0.39 is 11.7 Å². The Morgan fingerprint density at radius 2 is 2.08 bits per heavy atom. The van der Waals surface area contributed by atoms with E-state index in [1.165, 1.54) is 0 Å². The summed E-state index contributed by atoms with van der Waals surface area (Å²) in [7, 11) is 0. The maximum atomic E-state index is 11.0. The summed E-state index contributed by atoms with van der Waals surface area (Å²) in [6.45, 7) is 10.7. The predicted molar refractivity (Wildman–Crippen MR) is 96.4 cm³/mol. The highest BCUT2D eigenvalue weighted by molar-refractivity contribution is 6.32. The van der Waals surface area contributed by atoms with Crippen molar-refractivity contribution in [2.75, 3.05) is 37.6 Å². The molecule has 7 heteroatoms. The third-order valence-corrected chi connectivity index (χ3v) is 5.17. The number of aromatic nitrogens is 1. The molecular weight excluding hydrogens is 328 g/mol. The van der Waals surface area contributed by atoms with Crippen molar-refractivity contribution in [2.45, 2.75) is 32.8 Å². The van der Waals surface area contributed by atoms with E-state index in [4.69, 9.17) is 22.1 Å². The van der Waals surface area contributed by atoms with Gasteiger partial charge in [-0.05, 0) is 44.9 Å². The Morgan fingerprint density at radius 1 is 1.42 bits per heavy atom. The number of rotatable bonds is 6. The summed E-state index contributed by atoms with van der Waals surface area (Å²) in [5.41, 5.74) is 5.60. The quantitative estimate of drug-likeness (QED) is 0.795. The van der Waals surface area contributed by atoms with Gasteiger partial charge in [0.2, 0.25) is 0 Å². The van der Waals surface area contributed by atoms with Crippen molar-refractivity contribution in [3.8, 4) is 0 Å². The van der Waals surface area contributed by atoms with E-state index in [9.17, 15) is 4.79 Å². The molecule has 0 bridgehead atoms. The van der Waals surface area contributed by atoms with E-state index in [1.54, 1.807) is 6.20 Å². The van der Waals surface area contributed by atoms with Crippen LogP contribution in [0.1, 0.15) is 27.2 Å². The number of amides is 1. The van der Waals surface area contributed by atoms with E-state index in [0.717, 1.165) is 44.8 Å². The minimum absolute atomic E-state index is 0.232. The van der Waals surface area contributed by atoms with Gasteiger partial charge in [0.15, 0.2) is 5.15 Å². The van der Waals surface area contributed by atoms with Gasteiger partial charge in [0.1, 0.15) is 5.60 Å². The molecule has 1 aromatic heterocycles. The van der Waals surface area contributed by atoms with Crippen LogP contribution in [0.5, 0.6) is 0 Å². The van der Waals surface area contributed by atoms with Crippen LogP contribution in [0.25, 0.3) is 0 Å². The number of nitrogens with two attached hydrogens (primary N) is 1. The number of halogens is 1. The van der Waals surface area contributed by atoms with Crippen LogP contribution in [-0.4, -0.2) is 54.3 Å². The molecular formula is C17H27ClN4O2. The van der Waals surface area contributed by atoms with Crippen LogP contribution in [0.4, 0.5) is 10.5 Å². The summed E-state index contributed by atoms with van der Waals surface area (Å²) in [6, 6.07) is 3.92. The topological polar surface area (TPSA) is 71.7 Å². The molecule has 2 N–H and O–H groups in total. The van der Waals surface area contributed by atoms with Crippen LogP contribution >= 0.6 is 11.6 Å². The van der Waals surface area contributed by atoms with Crippen molar-refractivity contribution < 1.29 is 9.53 Å². The van der Waals surface area contributed by atoms with Gasteiger partial charge in [-0.25, -0.2) is 9.78 Å². The molecule has 0 spiro atoms. The zero-order chi connectivity index (χ0) is 17.7. The van der Waals surface area contributed by atoms with E-state index in [2.05, 4.69) is 21.7 Å². The van der Waals surface area contributed by atoms with Gasteiger partial charge in [0.05, 0.1) is 5.69 Å². The average Bonchev–Trinajstić information content (AvgIpc) is 2.52. The van der Waals surface area contributed by atoms with Crippen molar-refractivity contribution in [1.82, 2.24) is 9.88 Å². The number of carbonyl (C=O) groups is 1. The second-order valence-corrected chi connectivity index (χ2v) is 7.21. The number of pyridine rings is 1. The van der Waals surface area contributed by atoms with Gasteiger partial charge >= 0.3 is 6.09 Å². The number of carbonyl (C=O) groups excluding carboxylic acids is 1. The molecule has 0 aromatic carbocycles. The SMILES string of the molecule is CC(CCN1CCN(c2cccnc2Cl)CC1)C(C)(C)OC(N)=O. The third kappa shape index (κ3) is 4.98. The molecule has 1 aromatic rings. The first kappa shape index (κ1) is 18.8. The van der Waals surface area contributed by atoms with Gasteiger partial charge in [-0.3, -0.25) is 4.90 Å². The number of primary amides is 1. The van der Waals surface area contributed by atoms with Gasteiger partial charge in [0, 0.05) is 32.4 Å². The first-order valence-corrected chi connectivity index (χ1v) is 8.73. The first-order valence-electron chi connectivity index (χ1n) is 8.36. The van der Waals surface area contributed by atoms with Crippen molar-refractivity contribution in [2.24, 2.45) is 11.7 Å². The summed E-state index contributed by atoms with van der Waals surface area (Å²) in [6.07, 6.45) is 1.95. The van der Waals surface area contributed by atoms with Crippen molar-refractivity contribution in [1.29, 1.82) is 0 Å². The summed E-state index contributed by atoms with van der Waals surface area (Å²) in [5.74, 6) is 0.232. The minimum Gasteiger partial charge on any atom is -0.443 e. The zero-order valence-corrected chi connectivity index (χ0v) is 15.4. The van der Waals surface area contributed by atoms with E-state index in [-0.39, 0.29) is 5.92 Å². The van der Waals surface area contributed by atoms with Crippen LogP contribution in [0.2, 0.25) is 5.15 Å². The Morgan fingerprint density at radius 3 is 2.67 bits per heavy atom. The predicted octanol–water partition coefficient (Wildman–Crippen LogP) is 2.76. The largest absolute Gasteiger partial charge is 0.443 e. The molecule has 1 amide bonds. The summed E-state index contributed by atoms with van der Waals surface area (Å²) < 4.78 is 5.22. The normalized spacial score (nSPS) is 17.6. The molecule has 1 aliphatic rings. The average molecular weight is 355 g/mol. The Bertz CT molecular complexity index is 559. The molecule has 1 aliphatic heterocycles. The second kappa shape index (κ2) is 8.03. The number of anilines is 1. The molecule has 1 fully saturated rings. The first-order chi connectivity index (χ1) is 11.3. The Balaban J connectivity index is 1.79. The number of hydrogen-bond acceptors (Lipinski definition) is 5. The lowest BCUT2D eigenvalue weighted by Crippen LogP contribution is -2.47. The summed E-state index contributed by atoms with van der Waals surface area (Å²) >= 11 is 6.17. The lowest BCUT2D eigenvalue weighted by atomic mass is 9.89. The molecule has 1 unspecified atom stereocenters. The molecule has 2 rings (SSSR count). The van der Waals surface area contributed by atoms with Crippen LogP contribution in [0.3, 0.4) is 0 Å². The van der Waals surface area contributed by atoms with Crippen molar-refractivity contribution >= 4 is 23.4 Å². The number of piperazine rings is 1. The Kier molecular flexibility index (Phi) is 6.29. The monoisotopic (exact) mass is 354 g/mol. The van der Waals surface area contributed by atoms with Gasteiger partial charge < -0.3 is 15.4 Å². The molecule has 6 nitrogen and oxygen atoms in total. The molecule has 0 radical (unpaired) electrons. The van der Waals surface area contributed by atoms with E-state index in [0.29, 0.717) is 5.15 Å². The Labute approximate surface area is 148 Å². The number of nitrogens with zero attached hydrogens (tertiary/aromatic N) is 3. The van der Waals surface area contributed by atoms with E-state index >= 15 is 0 Å². The van der Waals surface area contributed by atoms with Gasteiger partial charge in [-0.2, -0.15) is 0 Å². The molecule has 1 saturated heterocycles. The highest BCUT2D eigenvalue weighted by atomic mass is 35.5. The highest BCUT2D eigenvalue weighted by Gasteiger charge is 2.30. The summed E-state index contributed by atoms with van der Waals surface area (Å²) in [5, 5.41) is 0.560. The fourth-order valence-corrected chi connectivity index (χ4v) is 3.15. The number of hydrogen-bond donors (Lipinski definition) is 1. The number of ether oxygens (including phenoxy) is 1. The van der Waals surface area contributed by atoms with Crippen molar-refractivity contribution in [3.63, 3.8) is 0 Å². The second-order valence-electron chi connectivity index (χ2n) is 6.86. The third-order valence-electron chi connectivity index (χ3n) is 4.88. The van der Waals surface area contributed by atoms with Crippen LogP contribution < -0.4 is 10.6 Å². The lowest BCUT2D eigenvalue weighted by molar-refractivity contribution is -0.00111. The van der Waals surface area contributed by atoms with Crippen LogP contribution in [0.15, 0.2) is 18.3 Å². The molecule has 2 heterocycles. The van der Waals surface area contributed by atoms with Gasteiger partial charge in [0.25, 0.3) is 0 Å². The van der Waals surface area contributed by atoms with Gasteiger partial charge in [-0.1, -0.05) is 18.5 Å².